The molecule has 1 heterocycles. The lowest BCUT2D eigenvalue weighted by atomic mass is 9.93. The lowest BCUT2D eigenvalue weighted by Gasteiger charge is -2.18. The van der Waals surface area contributed by atoms with Gasteiger partial charge in [0.05, 0.1) is 19.1 Å². The number of aliphatic hydroxyl groups excluding tert-OH is 1. The number of hydrogen-bond acceptors (Lipinski definition) is 5. The van der Waals surface area contributed by atoms with Crippen molar-refractivity contribution in [2.45, 2.75) is 32.0 Å². The molecule has 2 rings (SSSR count). The van der Waals surface area contributed by atoms with Crippen molar-refractivity contribution in [3.05, 3.63) is 0 Å². The molecule has 0 aromatic rings. The summed E-state index contributed by atoms with van der Waals surface area (Å²) in [5, 5.41) is 9.71. The second-order valence-electron chi connectivity index (χ2n) is 4.17. The topological polar surface area (TPSA) is 72.8 Å². The fourth-order valence-electron chi connectivity index (χ4n) is 2.42. The van der Waals surface area contributed by atoms with Crippen molar-refractivity contribution in [1.29, 1.82) is 0 Å². The summed E-state index contributed by atoms with van der Waals surface area (Å²) in [7, 11) is 0. The second-order valence-corrected chi connectivity index (χ2v) is 4.17. The number of fused-ring (bicyclic) bond motifs is 1. The molecule has 0 amide bonds. The van der Waals surface area contributed by atoms with E-state index in [0.717, 1.165) is 0 Å². The molecule has 0 aromatic carbocycles. The van der Waals surface area contributed by atoms with Crippen LogP contribution in [0.3, 0.4) is 0 Å². The van der Waals surface area contributed by atoms with Gasteiger partial charge in [-0.1, -0.05) is 0 Å². The van der Waals surface area contributed by atoms with E-state index in [2.05, 4.69) is 0 Å². The molecule has 1 saturated heterocycles. The Balaban J connectivity index is 1.97. The summed E-state index contributed by atoms with van der Waals surface area (Å²) in [6.45, 7) is 1.50. The zero-order valence-electron chi connectivity index (χ0n) is 8.51. The highest BCUT2D eigenvalue weighted by Crippen LogP contribution is 2.41. The molecule has 1 saturated carbocycles. The summed E-state index contributed by atoms with van der Waals surface area (Å²) in [6, 6.07) is 0. The van der Waals surface area contributed by atoms with Crippen molar-refractivity contribution < 1.29 is 24.2 Å². The Morgan fingerprint density at radius 1 is 1.67 bits per heavy atom. The van der Waals surface area contributed by atoms with Crippen molar-refractivity contribution in [2.75, 3.05) is 6.61 Å². The van der Waals surface area contributed by atoms with Gasteiger partial charge in [-0.25, -0.2) is 0 Å². The van der Waals surface area contributed by atoms with Gasteiger partial charge < -0.3 is 14.6 Å². The number of carbonyl (C=O) groups is 2. The van der Waals surface area contributed by atoms with Crippen LogP contribution in [0, 0.1) is 11.8 Å². The predicted octanol–water partition coefficient (Wildman–Crippen LogP) is -0.138. The molecular weight excluding hydrogens is 200 g/mol. The number of carbonyl (C=O) groups excluding carboxylic acids is 2. The summed E-state index contributed by atoms with van der Waals surface area (Å²) >= 11 is 0. The SMILES string of the molecule is CC(=O)OC[C@H]1C(O)CC2OC(=O)C[C@@H]21. The molecule has 1 aliphatic heterocycles. The van der Waals surface area contributed by atoms with Gasteiger partial charge in [-0.15, -0.1) is 0 Å². The van der Waals surface area contributed by atoms with Crippen molar-refractivity contribution in [1.82, 2.24) is 0 Å². The van der Waals surface area contributed by atoms with Crippen LogP contribution in [-0.4, -0.2) is 35.9 Å². The molecular formula is C10H14O5. The van der Waals surface area contributed by atoms with Gasteiger partial charge in [-0.05, 0) is 0 Å². The molecule has 84 valence electrons. The Kier molecular flexibility index (Phi) is 2.65. The van der Waals surface area contributed by atoms with Gasteiger partial charge in [-0.3, -0.25) is 9.59 Å². The van der Waals surface area contributed by atoms with Crippen LogP contribution in [0.4, 0.5) is 0 Å². The van der Waals surface area contributed by atoms with Crippen LogP contribution in [0.5, 0.6) is 0 Å². The minimum atomic E-state index is -0.535. The molecule has 0 spiro atoms. The normalized spacial score (nSPS) is 38.7. The average Bonchev–Trinajstić information content (AvgIpc) is 2.57. The molecule has 4 atom stereocenters. The van der Waals surface area contributed by atoms with Gasteiger partial charge in [0.1, 0.15) is 6.10 Å². The maximum absolute atomic E-state index is 11.0. The van der Waals surface area contributed by atoms with E-state index >= 15 is 0 Å². The summed E-state index contributed by atoms with van der Waals surface area (Å²) in [4.78, 5) is 21.7. The maximum atomic E-state index is 11.0. The quantitative estimate of drug-likeness (QED) is 0.648. The lowest BCUT2D eigenvalue weighted by molar-refractivity contribution is -0.143. The molecule has 15 heavy (non-hydrogen) atoms. The zero-order valence-corrected chi connectivity index (χ0v) is 8.51. The molecule has 2 fully saturated rings. The van der Waals surface area contributed by atoms with E-state index in [0.29, 0.717) is 12.8 Å². The van der Waals surface area contributed by atoms with E-state index in [-0.39, 0.29) is 36.5 Å². The van der Waals surface area contributed by atoms with Crippen molar-refractivity contribution in [3.63, 3.8) is 0 Å². The third-order valence-electron chi connectivity index (χ3n) is 3.16. The van der Waals surface area contributed by atoms with Gasteiger partial charge in [0, 0.05) is 25.2 Å². The molecule has 1 N–H and O–H groups in total. The van der Waals surface area contributed by atoms with E-state index in [9.17, 15) is 14.7 Å². The largest absolute Gasteiger partial charge is 0.465 e. The van der Waals surface area contributed by atoms with E-state index in [4.69, 9.17) is 9.47 Å². The van der Waals surface area contributed by atoms with Crippen molar-refractivity contribution in [2.24, 2.45) is 11.8 Å². The van der Waals surface area contributed by atoms with Gasteiger partial charge in [0.2, 0.25) is 0 Å². The second kappa shape index (κ2) is 3.81. The minimum Gasteiger partial charge on any atom is -0.465 e. The van der Waals surface area contributed by atoms with Crippen LogP contribution in [0.2, 0.25) is 0 Å². The van der Waals surface area contributed by atoms with Crippen molar-refractivity contribution >= 4 is 11.9 Å². The third-order valence-corrected chi connectivity index (χ3v) is 3.16. The first kappa shape index (κ1) is 10.4. The zero-order chi connectivity index (χ0) is 11.0. The molecule has 2 unspecified atom stereocenters. The van der Waals surface area contributed by atoms with E-state index in [1.807, 2.05) is 0 Å². The maximum Gasteiger partial charge on any atom is 0.306 e. The minimum absolute atomic E-state index is 0.00634. The van der Waals surface area contributed by atoms with E-state index < -0.39 is 6.10 Å². The smallest absolute Gasteiger partial charge is 0.306 e. The number of esters is 2. The Labute approximate surface area is 87.4 Å². The highest BCUT2D eigenvalue weighted by atomic mass is 16.6. The van der Waals surface area contributed by atoms with Crippen LogP contribution in [0.25, 0.3) is 0 Å². The monoisotopic (exact) mass is 214 g/mol. The van der Waals surface area contributed by atoms with Crippen LogP contribution < -0.4 is 0 Å². The molecule has 2 aliphatic rings. The molecule has 5 nitrogen and oxygen atoms in total. The van der Waals surface area contributed by atoms with Crippen LogP contribution in [0.15, 0.2) is 0 Å². The fourth-order valence-corrected chi connectivity index (χ4v) is 2.42. The van der Waals surface area contributed by atoms with Crippen LogP contribution >= 0.6 is 0 Å². The van der Waals surface area contributed by atoms with Gasteiger partial charge in [0.15, 0.2) is 0 Å². The van der Waals surface area contributed by atoms with Gasteiger partial charge in [-0.2, -0.15) is 0 Å². The number of aliphatic hydroxyl groups is 1. The first-order chi connectivity index (χ1) is 7.08. The van der Waals surface area contributed by atoms with E-state index in [1.54, 1.807) is 0 Å². The Morgan fingerprint density at radius 2 is 2.40 bits per heavy atom. The first-order valence-corrected chi connectivity index (χ1v) is 5.09. The summed E-state index contributed by atoms with van der Waals surface area (Å²) in [5.74, 6) is -0.738. The molecule has 1 aliphatic carbocycles. The Morgan fingerprint density at radius 3 is 3.07 bits per heavy atom. The van der Waals surface area contributed by atoms with E-state index in [1.165, 1.54) is 6.92 Å². The Bertz CT molecular complexity index is 288. The molecule has 0 radical (unpaired) electrons. The van der Waals surface area contributed by atoms with Crippen molar-refractivity contribution in [3.8, 4) is 0 Å². The lowest BCUT2D eigenvalue weighted by Crippen LogP contribution is -2.26. The number of hydrogen-bond donors (Lipinski definition) is 1. The van der Waals surface area contributed by atoms with Crippen LogP contribution in [0.1, 0.15) is 19.8 Å². The molecule has 0 aromatic heterocycles. The fraction of sp³-hybridized carbons (Fsp3) is 0.800. The highest BCUT2D eigenvalue weighted by Gasteiger charge is 2.49. The summed E-state index contributed by atoms with van der Waals surface area (Å²) in [6.07, 6.45) is 0.0659. The average molecular weight is 214 g/mol. The Hall–Kier alpha value is -1.10. The number of ether oxygens (including phenoxy) is 2. The summed E-state index contributed by atoms with van der Waals surface area (Å²) in [5.41, 5.74) is 0. The predicted molar refractivity (Wildman–Crippen MR) is 48.7 cm³/mol. The standard InChI is InChI=1S/C10H14O5/c1-5(11)14-4-7-6-2-10(13)15-9(6)3-8(7)12/h6-9,12H,2-4H2,1H3/t6-,7-,8?,9?/m1/s1. The van der Waals surface area contributed by atoms with Crippen LogP contribution in [-0.2, 0) is 19.1 Å². The third kappa shape index (κ3) is 1.97. The van der Waals surface area contributed by atoms with Gasteiger partial charge in [0.25, 0.3) is 0 Å². The first-order valence-electron chi connectivity index (χ1n) is 5.09. The number of rotatable bonds is 2. The summed E-state index contributed by atoms with van der Waals surface area (Å²) < 4.78 is 9.93. The molecule has 5 heteroatoms. The molecule has 0 bridgehead atoms. The van der Waals surface area contributed by atoms with Gasteiger partial charge >= 0.3 is 11.9 Å². The highest BCUT2D eigenvalue weighted by molar-refractivity contribution is 5.72.